The lowest BCUT2D eigenvalue weighted by atomic mass is 10.1. The highest BCUT2D eigenvalue weighted by atomic mass is 32.2. The van der Waals surface area contributed by atoms with Crippen molar-refractivity contribution in [2.45, 2.75) is 6.92 Å². The van der Waals surface area contributed by atoms with Crippen LogP contribution in [0.3, 0.4) is 0 Å². The fourth-order valence-corrected chi connectivity index (χ4v) is 4.22. The van der Waals surface area contributed by atoms with E-state index in [9.17, 15) is 13.2 Å². The van der Waals surface area contributed by atoms with E-state index < -0.39 is 16.0 Å². The molecule has 2 aromatic rings. The summed E-state index contributed by atoms with van der Waals surface area (Å²) in [5, 5.41) is 15.1. The lowest BCUT2D eigenvalue weighted by Crippen LogP contribution is -2.35. The fraction of sp³-hybridized carbons (Fsp3) is 0.150. The number of carbonyl (C=O) groups is 1. The number of ether oxygens (including phenoxy) is 1. The number of nitrogens with zero attached hydrogens (tertiary/aromatic N) is 4. The van der Waals surface area contributed by atoms with Crippen LogP contribution in [0.2, 0.25) is 0 Å². The number of carbonyl (C=O) groups excluding carboxylic acids is 1. The van der Waals surface area contributed by atoms with Crippen molar-refractivity contribution in [1.29, 1.82) is 5.41 Å². The minimum Gasteiger partial charge on any atom is -0.490 e. The number of benzene rings is 1. The van der Waals surface area contributed by atoms with Crippen molar-refractivity contribution in [3.8, 4) is 11.5 Å². The Kier molecular flexibility index (Phi) is 5.80. The topological polar surface area (TPSA) is 134 Å². The Morgan fingerprint density at radius 2 is 2.06 bits per heavy atom. The monoisotopic (exact) mass is 471 g/mol. The summed E-state index contributed by atoms with van der Waals surface area (Å²) in [4.78, 5) is 20.7. The van der Waals surface area contributed by atoms with Crippen LogP contribution in [0.5, 0.6) is 11.5 Å². The molecule has 0 fully saturated rings. The van der Waals surface area contributed by atoms with Crippen LogP contribution in [0, 0.1) is 5.41 Å². The first-order valence-corrected chi connectivity index (χ1v) is 12.0. The second kappa shape index (κ2) is 8.55. The SMILES string of the molecule is CCOc1cc(/C=C2\C(=N)N3N=C(c4cccnc4)SC3=NC2=O)ccc1OS(C)(=O)=O. The lowest BCUT2D eigenvalue weighted by molar-refractivity contribution is -0.114. The Balaban J connectivity index is 1.66. The van der Waals surface area contributed by atoms with Crippen molar-refractivity contribution < 1.29 is 22.1 Å². The summed E-state index contributed by atoms with van der Waals surface area (Å²) in [6.45, 7) is 2.02. The lowest BCUT2D eigenvalue weighted by Gasteiger charge is -2.20. The minimum absolute atomic E-state index is 0.0310. The molecule has 1 aromatic heterocycles. The number of nitrogens with one attached hydrogen (secondary N) is 1. The third-order valence-corrected chi connectivity index (χ3v) is 5.62. The van der Waals surface area contributed by atoms with E-state index in [2.05, 4.69) is 15.1 Å². The van der Waals surface area contributed by atoms with Gasteiger partial charge in [-0.25, -0.2) is 0 Å². The Labute approximate surface area is 188 Å². The first-order valence-electron chi connectivity index (χ1n) is 9.32. The van der Waals surface area contributed by atoms with E-state index in [-0.39, 0.29) is 29.5 Å². The van der Waals surface area contributed by atoms with Crippen LogP contribution in [0.15, 0.2) is 58.4 Å². The number of thioether (sulfide) groups is 1. The quantitative estimate of drug-likeness (QED) is 0.502. The number of fused-ring (bicyclic) bond motifs is 1. The molecule has 0 bridgehead atoms. The van der Waals surface area contributed by atoms with Gasteiger partial charge in [0.15, 0.2) is 17.3 Å². The largest absolute Gasteiger partial charge is 0.490 e. The predicted octanol–water partition coefficient (Wildman–Crippen LogP) is 2.49. The number of aliphatic imine (C=N–C) groups is 1. The molecule has 0 saturated carbocycles. The van der Waals surface area contributed by atoms with Crippen LogP contribution >= 0.6 is 11.8 Å². The van der Waals surface area contributed by atoms with Gasteiger partial charge in [-0.1, -0.05) is 6.07 Å². The van der Waals surface area contributed by atoms with Crippen molar-refractivity contribution in [3.05, 3.63) is 59.4 Å². The molecule has 164 valence electrons. The number of aromatic nitrogens is 1. The Bertz CT molecular complexity index is 1300. The zero-order chi connectivity index (χ0) is 22.9. The van der Waals surface area contributed by atoms with Crippen molar-refractivity contribution in [1.82, 2.24) is 9.99 Å². The van der Waals surface area contributed by atoms with Gasteiger partial charge in [-0.2, -0.15) is 23.5 Å². The average Bonchev–Trinajstić information content (AvgIpc) is 3.17. The summed E-state index contributed by atoms with van der Waals surface area (Å²) in [5.74, 6) is -0.477. The van der Waals surface area contributed by atoms with Crippen LogP contribution in [0.1, 0.15) is 18.1 Å². The smallest absolute Gasteiger partial charge is 0.306 e. The third-order valence-electron chi connectivity index (χ3n) is 4.18. The Hall–Kier alpha value is -3.51. The van der Waals surface area contributed by atoms with E-state index in [1.165, 1.54) is 35.0 Å². The molecule has 10 nitrogen and oxygen atoms in total. The van der Waals surface area contributed by atoms with Gasteiger partial charge in [-0.15, -0.1) is 0 Å². The van der Waals surface area contributed by atoms with E-state index in [1.54, 1.807) is 31.5 Å². The number of amides is 1. The standard InChI is InChI=1S/C20H17N5O5S2/c1-3-29-16-10-12(6-7-15(16)30-32(2,27)28)9-14-17(21)25-20(23-18(14)26)31-19(24-25)13-5-4-8-22-11-13/h4-11,21H,3H2,1-2H3/b14-9+,21-17?. The van der Waals surface area contributed by atoms with E-state index in [1.807, 2.05) is 6.07 Å². The zero-order valence-corrected chi connectivity index (χ0v) is 18.6. The molecule has 0 spiro atoms. The maximum atomic E-state index is 12.6. The van der Waals surface area contributed by atoms with Gasteiger partial charge >= 0.3 is 10.1 Å². The zero-order valence-electron chi connectivity index (χ0n) is 17.0. The molecule has 32 heavy (non-hydrogen) atoms. The van der Waals surface area contributed by atoms with Gasteiger partial charge < -0.3 is 8.92 Å². The van der Waals surface area contributed by atoms with Crippen LogP contribution in [0.4, 0.5) is 0 Å². The normalized spacial score (nSPS) is 17.2. The highest BCUT2D eigenvalue weighted by Crippen LogP contribution is 2.33. The predicted molar refractivity (Wildman–Crippen MR) is 121 cm³/mol. The van der Waals surface area contributed by atoms with Gasteiger partial charge in [-0.05, 0) is 54.6 Å². The third kappa shape index (κ3) is 4.55. The van der Waals surface area contributed by atoms with Gasteiger partial charge in [0.25, 0.3) is 5.91 Å². The fourth-order valence-electron chi connectivity index (χ4n) is 2.88. The first kappa shape index (κ1) is 21.7. The summed E-state index contributed by atoms with van der Waals surface area (Å²) in [6.07, 6.45) is 5.69. The van der Waals surface area contributed by atoms with E-state index in [4.69, 9.17) is 14.3 Å². The molecule has 0 radical (unpaired) electrons. The summed E-state index contributed by atoms with van der Waals surface area (Å²) in [6, 6.07) is 8.11. The van der Waals surface area contributed by atoms with Gasteiger partial charge in [0.1, 0.15) is 5.04 Å². The number of hydrogen-bond acceptors (Lipinski definition) is 9. The summed E-state index contributed by atoms with van der Waals surface area (Å²) >= 11 is 1.18. The molecule has 0 aliphatic carbocycles. The van der Waals surface area contributed by atoms with Crippen LogP contribution in [0.25, 0.3) is 6.08 Å². The molecule has 4 rings (SSSR count). The van der Waals surface area contributed by atoms with Gasteiger partial charge in [-0.3, -0.25) is 15.2 Å². The highest BCUT2D eigenvalue weighted by molar-refractivity contribution is 8.27. The van der Waals surface area contributed by atoms with E-state index in [0.29, 0.717) is 15.8 Å². The summed E-state index contributed by atoms with van der Waals surface area (Å²) < 4.78 is 33.4. The van der Waals surface area contributed by atoms with Crippen molar-refractivity contribution in [2.24, 2.45) is 10.1 Å². The van der Waals surface area contributed by atoms with Crippen molar-refractivity contribution >= 4 is 49.9 Å². The molecule has 1 amide bonds. The summed E-state index contributed by atoms with van der Waals surface area (Å²) in [7, 11) is -3.74. The summed E-state index contributed by atoms with van der Waals surface area (Å²) in [5.41, 5.74) is 1.29. The molecular weight excluding hydrogens is 454 g/mol. The molecule has 1 N–H and O–H groups in total. The molecule has 0 atom stereocenters. The molecular formula is C20H17N5O5S2. The van der Waals surface area contributed by atoms with Gasteiger partial charge in [0.2, 0.25) is 5.17 Å². The molecule has 3 heterocycles. The van der Waals surface area contributed by atoms with E-state index in [0.717, 1.165) is 11.8 Å². The average molecular weight is 472 g/mol. The molecule has 2 aliphatic rings. The van der Waals surface area contributed by atoms with Crippen LogP contribution in [-0.2, 0) is 14.9 Å². The maximum Gasteiger partial charge on any atom is 0.306 e. The maximum absolute atomic E-state index is 12.6. The Morgan fingerprint density at radius 1 is 1.25 bits per heavy atom. The van der Waals surface area contributed by atoms with Crippen LogP contribution < -0.4 is 8.92 Å². The minimum atomic E-state index is -3.74. The first-order chi connectivity index (χ1) is 15.2. The molecule has 1 aromatic carbocycles. The number of pyridine rings is 1. The number of hydrogen-bond donors (Lipinski definition) is 1. The molecule has 0 saturated heterocycles. The molecule has 0 unspecified atom stereocenters. The molecule has 12 heteroatoms. The van der Waals surface area contributed by atoms with Gasteiger partial charge in [0, 0.05) is 18.0 Å². The number of rotatable bonds is 6. The second-order valence-corrected chi connectivity index (χ2v) is 9.12. The van der Waals surface area contributed by atoms with Crippen molar-refractivity contribution in [3.63, 3.8) is 0 Å². The van der Waals surface area contributed by atoms with Crippen molar-refractivity contribution in [2.75, 3.05) is 12.9 Å². The Morgan fingerprint density at radius 3 is 2.75 bits per heavy atom. The molecule has 2 aliphatic heterocycles. The van der Waals surface area contributed by atoms with Crippen LogP contribution in [-0.4, -0.2) is 53.2 Å². The van der Waals surface area contributed by atoms with E-state index >= 15 is 0 Å². The second-order valence-electron chi connectivity index (χ2n) is 6.59. The highest BCUT2D eigenvalue weighted by Gasteiger charge is 2.36. The number of hydrazone groups is 1. The number of amidine groups is 2. The van der Waals surface area contributed by atoms with Gasteiger partial charge in [0.05, 0.1) is 18.4 Å².